The molecule has 2 aromatic heterocycles. The standard InChI is InChI=1S/C20H20N4O2/c1-26-16-4-2-3-15(12-16)20-22-17-7-10-24(13-18(17)23-20)19(25)11-14-5-8-21-9-6-14/h2-6,8-9,12H,7,10-11,13H2,1H3,(H,22,23). The Kier molecular flexibility index (Phi) is 4.39. The summed E-state index contributed by atoms with van der Waals surface area (Å²) in [7, 11) is 1.65. The molecule has 0 saturated carbocycles. The second kappa shape index (κ2) is 7.00. The van der Waals surface area contributed by atoms with Crippen LogP contribution in [0.3, 0.4) is 0 Å². The molecule has 1 aliphatic heterocycles. The number of carbonyl (C=O) groups is 1. The minimum absolute atomic E-state index is 0.124. The molecule has 132 valence electrons. The van der Waals surface area contributed by atoms with Gasteiger partial charge in [-0.1, -0.05) is 12.1 Å². The van der Waals surface area contributed by atoms with Crippen molar-refractivity contribution in [3.8, 4) is 17.1 Å². The number of carbonyl (C=O) groups excluding carboxylic acids is 1. The van der Waals surface area contributed by atoms with E-state index >= 15 is 0 Å². The Hall–Kier alpha value is -3.15. The number of imidazole rings is 1. The van der Waals surface area contributed by atoms with Gasteiger partial charge in [-0.25, -0.2) is 4.98 Å². The van der Waals surface area contributed by atoms with E-state index in [1.54, 1.807) is 19.5 Å². The molecule has 0 bridgehead atoms. The highest BCUT2D eigenvalue weighted by Crippen LogP contribution is 2.25. The van der Waals surface area contributed by atoms with E-state index in [9.17, 15) is 4.79 Å². The van der Waals surface area contributed by atoms with Crippen molar-refractivity contribution in [2.45, 2.75) is 19.4 Å². The van der Waals surface area contributed by atoms with Crippen LogP contribution in [0.25, 0.3) is 11.4 Å². The number of pyridine rings is 1. The smallest absolute Gasteiger partial charge is 0.227 e. The van der Waals surface area contributed by atoms with E-state index in [0.717, 1.165) is 40.5 Å². The molecule has 1 N–H and O–H groups in total. The summed E-state index contributed by atoms with van der Waals surface area (Å²) in [5, 5.41) is 0. The second-order valence-electron chi connectivity index (χ2n) is 6.34. The molecular formula is C20H20N4O2. The van der Waals surface area contributed by atoms with Crippen molar-refractivity contribution in [1.29, 1.82) is 0 Å². The minimum atomic E-state index is 0.124. The molecule has 1 aliphatic rings. The molecule has 0 unspecified atom stereocenters. The number of hydrogen-bond donors (Lipinski definition) is 1. The summed E-state index contributed by atoms with van der Waals surface area (Å²) in [5.74, 6) is 1.74. The van der Waals surface area contributed by atoms with E-state index in [2.05, 4.69) is 9.97 Å². The van der Waals surface area contributed by atoms with E-state index in [0.29, 0.717) is 19.5 Å². The fourth-order valence-electron chi connectivity index (χ4n) is 3.20. The first-order valence-corrected chi connectivity index (χ1v) is 8.62. The highest BCUT2D eigenvalue weighted by atomic mass is 16.5. The van der Waals surface area contributed by atoms with Gasteiger partial charge in [-0.15, -0.1) is 0 Å². The third kappa shape index (κ3) is 3.31. The summed E-state index contributed by atoms with van der Waals surface area (Å²) in [6.45, 7) is 1.26. The lowest BCUT2D eigenvalue weighted by atomic mass is 10.1. The molecule has 0 spiro atoms. The van der Waals surface area contributed by atoms with Crippen LogP contribution < -0.4 is 4.74 Å². The van der Waals surface area contributed by atoms with Gasteiger partial charge >= 0.3 is 0 Å². The Morgan fingerprint density at radius 1 is 1.27 bits per heavy atom. The summed E-state index contributed by atoms with van der Waals surface area (Å²) < 4.78 is 5.28. The van der Waals surface area contributed by atoms with Crippen molar-refractivity contribution in [2.24, 2.45) is 0 Å². The van der Waals surface area contributed by atoms with Gasteiger partial charge in [0, 0.05) is 30.9 Å². The van der Waals surface area contributed by atoms with Crippen molar-refractivity contribution < 1.29 is 9.53 Å². The monoisotopic (exact) mass is 348 g/mol. The number of hydrogen-bond acceptors (Lipinski definition) is 4. The lowest BCUT2D eigenvalue weighted by Crippen LogP contribution is -2.37. The average molecular weight is 348 g/mol. The van der Waals surface area contributed by atoms with E-state index in [1.165, 1.54) is 0 Å². The van der Waals surface area contributed by atoms with Crippen LogP contribution in [-0.2, 0) is 24.2 Å². The zero-order valence-corrected chi connectivity index (χ0v) is 14.6. The molecule has 4 rings (SSSR count). The zero-order valence-electron chi connectivity index (χ0n) is 14.6. The lowest BCUT2D eigenvalue weighted by Gasteiger charge is -2.26. The van der Waals surface area contributed by atoms with E-state index in [1.807, 2.05) is 41.3 Å². The normalized spacial score (nSPS) is 13.3. The average Bonchev–Trinajstić information content (AvgIpc) is 3.12. The summed E-state index contributed by atoms with van der Waals surface area (Å²) in [4.78, 5) is 26.6. The van der Waals surface area contributed by atoms with Crippen molar-refractivity contribution >= 4 is 5.91 Å². The van der Waals surface area contributed by atoms with Crippen LogP contribution in [0.5, 0.6) is 5.75 Å². The van der Waals surface area contributed by atoms with Gasteiger partial charge in [-0.05, 0) is 29.8 Å². The largest absolute Gasteiger partial charge is 0.497 e. The van der Waals surface area contributed by atoms with Gasteiger partial charge in [-0.2, -0.15) is 0 Å². The van der Waals surface area contributed by atoms with E-state index in [4.69, 9.17) is 9.72 Å². The van der Waals surface area contributed by atoms with Crippen molar-refractivity contribution in [2.75, 3.05) is 13.7 Å². The number of ether oxygens (including phenoxy) is 1. The number of amides is 1. The number of aromatic nitrogens is 3. The highest BCUT2D eigenvalue weighted by molar-refractivity contribution is 5.79. The third-order valence-electron chi connectivity index (χ3n) is 4.63. The van der Waals surface area contributed by atoms with Crippen LogP contribution in [0, 0.1) is 0 Å². The second-order valence-corrected chi connectivity index (χ2v) is 6.34. The molecule has 3 heterocycles. The van der Waals surface area contributed by atoms with Crippen LogP contribution in [0.15, 0.2) is 48.8 Å². The molecule has 1 amide bonds. The van der Waals surface area contributed by atoms with Gasteiger partial charge in [0.25, 0.3) is 0 Å². The molecule has 6 heteroatoms. The van der Waals surface area contributed by atoms with Crippen LogP contribution in [0.2, 0.25) is 0 Å². The molecule has 3 aromatic rings. The van der Waals surface area contributed by atoms with Gasteiger partial charge in [0.15, 0.2) is 0 Å². The number of nitrogens with zero attached hydrogens (tertiary/aromatic N) is 3. The molecule has 0 fully saturated rings. The highest BCUT2D eigenvalue weighted by Gasteiger charge is 2.24. The Balaban J connectivity index is 1.50. The minimum Gasteiger partial charge on any atom is -0.497 e. The van der Waals surface area contributed by atoms with E-state index < -0.39 is 0 Å². The topological polar surface area (TPSA) is 71.1 Å². The number of rotatable bonds is 4. The van der Waals surface area contributed by atoms with Crippen LogP contribution in [-0.4, -0.2) is 39.4 Å². The first-order valence-electron chi connectivity index (χ1n) is 8.62. The van der Waals surface area contributed by atoms with E-state index in [-0.39, 0.29) is 5.91 Å². The fourth-order valence-corrected chi connectivity index (χ4v) is 3.20. The number of benzene rings is 1. The summed E-state index contributed by atoms with van der Waals surface area (Å²) >= 11 is 0. The molecule has 1 aromatic carbocycles. The maximum atomic E-state index is 12.6. The van der Waals surface area contributed by atoms with Gasteiger partial charge in [0.05, 0.1) is 31.5 Å². The molecule has 26 heavy (non-hydrogen) atoms. The zero-order chi connectivity index (χ0) is 17.9. The first kappa shape index (κ1) is 16.3. The van der Waals surface area contributed by atoms with Crippen molar-refractivity contribution in [1.82, 2.24) is 19.9 Å². The Morgan fingerprint density at radius 2 is 2.12 bits per heavy atom. The summed E-state index contributed by atoms with van der Waals surface area (Å²) in [6, 6.07) is 11.6. The Morgan fingerprint density at radius 3 is 2.92 bits per heavy atom. The number of methoxy groups -OCH3 is 1. The van der Waals surface area contributed by atoms with Crippen LogP contribution >= 0.6 is 0 Å². The molecule has 0 aliphatic carbocycles. The molecule has 6 nitrogen and oxygen atoms in total. The predicted octanol–water partition coefficient (Wildman–Crippen LogP) is 2.61. The van der Waals surface area contributed by atoms with Gasteiger partial charge in [0.2, 0.25) is 5.91 Å². The number of H-pyrrole nitrogens is 1. The van der Waals surface area contributed by atoms with Crippen molar-refractivity contribution in [3.05, 3.63) is 65.7 Å². The SMILES string of the molecule is COc1cccc(-c2nc3c([nH]2)CN(C(=O)Cc2ccncc2)CC3)c1. The number of fused-ring (bicyclic) bond motifs is 1. The summed E-state index contributed by atoms with van der Waals surface area (Å²) in [6.07, 6.45) is 4.59. The number of aromatic amines is 1. The van der Waals surface area contributed by atoms with Gasteiger partial charge in [0.1, 0.15) is 11.6 Å². The quantitative estimate of drug-likeness (QED) is 0.787. The molecule has 0 radical (unpaired) electrons. The maximum absolute atomic E-state index is 12.6. The molecule has 0 saturated heterocycles. The van der Waals surface area contributed by atoms with Crippen molar-refractivity contribution in [3.63, 3.8) is 0 Å². The first-order chi connectivity index (χ1) is 12.7. The van der Waals surface area contributed by atoms with Crippen LogP contribution in [0.4, 0.5) is 0 Å². The van der Waals surface area contributed by atoms with Gasteiger partial charge in [-0.3, -0.25) is 9.78 Å². The number of nitrogens with one attached hydrogen (secondary N) is 1. The van der Waals surface area contributed by atoms with Crippen LogP contribution in [0.1, 0.15) is 17.0 Å². The Bertz CT molecular complexity index is 921. The predicted molar refractivity (Wildman–Crippen MR) is 97.6 cm³/mol. The third-order valence-corrected chi connectivity index (χ3v) is 4.63. The summed E-state index contributed by atoms with van der Waals surface area (Å²) in [5.41, 5.74) is 4.01. The fraction of sp³-hybridized carbons (Fsp3) is 0.250. The Labute approximate surface area is 151 Å². The molecule has 0 atom stereocenters. The van der Waals surface area contributed by atoms with Gasteiger partial charge < -0.3 is 14.6 Å². The lowest BCUT2D eigenvalue weighted by molar-refractivity contribution is -0.131. The maximum Gasteiger partial charge on any atom is 0.227 e. The molecular weight excluding hydrogens is 328 g/mol.